The second kappa shape index (κ2) is 8.23. The number of hydrogen-bond donors (Lipinski definition) is 1. The Bertz CT molecular complexity index is 632. The molecule has 6 heteroatoms. The number of carboxylic acid groups (broad SMARTS) is 1. The van der Waals surface area contributed by atoms with Gasteiger partial charge in [-0.25, -0.2) is 0 Å². The molecule has 0 bridgehead atoms. The normalized spacial score (nSPS) is 21.8. The van der Waals surface area contributed by atoms with Crippen LogP contribution in [0.4, 0.5) is 0 Å². The first kappa shape index (κ1) is 18.3. The van der Waals surface area contributed by atoms with Gasteiger partial charge in [-0.2, -0.15) is 0 Å². The van der Waals surface area contributed by atoms with Gasteiger partial charge in [-0.1, -0.05) is 12.1 Å². The number of piperidine rings is 1. The predicted molar refractivity (Wildman–Crippen MR) is 97.0 cm³/mol. The highest BCUT2D eigenvalue weighted by Gasteiger charge is 2.29. The van der Waals surface area contributed by atoms with Crippen LogP contribution in [0.5, 0.6) is 0 Å². The molecule has 136 valence electrons. The number of carbonyl (C=O) groups excluding carboxylic acids is 1. The number of thioether (sulfide) groups is 1. The number of amides is 1. The number of rotatable bonds is 7. The summed E-state index contributed by atoms with van der Waals surface area (Å²) in [6.45, 7) is 3.81. The third-order valence-electron chi connectivity index (χ3n) is 4.70. The Labute approximate surface area is 152 Å². The van der Waals surface area contributed by atoms with Gasteiger partial charge in [0.1, 0.15) is 5.25 Å². The number of carbonyl (C=O) groups is 2. The van der Waals surface area contributed by atoms with Crippen LogP contribution in [0.25, 0.3) is 0 Å². The fourth-order valence-corrected chi connectivity index (χ4v) is 3.89. The van der Waals surface area contributed by atoms with Crippen molar-refractivity contribution in [1.29, 1.82) is 0 Å². The number of ether oxygens (including phenoxy) is 1. The number of benzene rings is 1. The van der Waals surface area contributed by atoms with E-state index in [1.807, 2.05) is 23.1 Å². The molecular weight excluding hydrogens is 338 g/mol. The molecule has 5 nitrogen and oxygen atoms in total. The molecule has 1 aliphatic carbocycles. The molecule has 1 aromatic carbocycles. The molecular formula is C19H25NO4S. The van der Waals surface area contributed by atoms with Gasteiger partial charge in [0, 0.05) is 24.6 Å². The summed E-state index contributed by atoms with van der Waals surface area (Å²) in [5.41, 5.74) is 0.587. The monoisotopic (exact) mass is 363 g/mol. The standard InChI is InChI=1S/C19H25NO4S/c1-13(19(22)23)25-17-7-3-2-6-16(17)18(21)20-10-4-5-15(11-20)24-12-14-8-9-14/h2-3,6-7,13-15H,4-5,8-12H2,1H3,(H,22,23). The molecule has 2 unspecified atom stereocenters. The van der Waals surface area contributed by atoms with E-state index in [4.69, 9.17) is 9.84 Å². The SMILES string of the molecule is CC(Sc1ccccc1C(=O)N1CCCC(OCC2CC2)C1)C(=O)O. The Morgan fingerprint density at radius 2 is 2.08 bits per heavy atom. The Balaban J connectivity index is 1.66. The Hall–Kier alpha value is -1.53. The lowest BCUT2D eigenvalue weighted by Crippen LogP contribution is -2.43. The second-order valence-corrected chi connectivity index (χ2v) is 8.27. The first-order chi connectivity index (χ1) is 12.0. The van der Waals surface area contributed by atoms with E-state index in [2.05, 4.69) is 0 Å². The van der Waals surface area contributed by atoms with E-state index >= 15 is 0 Å². The van der Waals surface area contributed by atoms with E-state index in [0.29, 0.717) is 12.1 Å². The van der Waals surface area contributed by atoms with Gasteiger partial charge in [-0.15, -0.1) is 11.8 Å². The van der Waals surface area contributed by atoms with Crippen molar-refractivity contribution in [3.63, 3.8) is 0 Å². The third-order valence-corrected chi connectivity index (χ3v) is 5.86. The molecule has 2 aliphatic rings. The van der Waals surface area contributed by atoms with Crippen molar-refractivity contribution in [2.24, 2.45) is 5.92 Å². The summed E-state index contributed by atoms with van der Waals surface area (Å²) in [5.74, 6) is -0.181. The van der Waals surface area contributed by atoms with E-state index in [9.17, 15) is 9.59 Å². The van der Waals surface area contributed by atoms with Gasteiger partial charge in [-0.05, 0) is 50.7 Å². The average Bonchev–Trinajstić information content (AvgIpc) is 3.44. The molecule has 2 atom stereocenters. The van der Waals surface area contributed by atoms with E-state index in [1.54, 1.807) is 13.0 Å². The van der Waals surface area contributed by atoms with Crippen molar-refractivity contribution in [3.8, 4) is 0 Å². The van der Waals surface area contributed by atoms with Crippen LogP contribution in [-0.2, 0) is 9.53 Å². The number of likely N-dealkylation sites (tertiary alicyclic amines) is 1. The minimum atomic E-state index is -0.876. The molecule has 25 heavy (non-hydrogen) atoms. The lowest BCUT2D eigenvalue weighted by molar-refractivity contribution is -0.136. The Morgan fingerprint density at radius 3 is 2.80 bits per heavy atom. The van der Waals surface area contributed by atoms with Gasteiger partial charge in [0.15, 0.2) is 0 Å². The zero-order valence-corrected chi connectivity index (χ0v) is 15.3. The lowest BCUT2D eigenvalue weighted by Gasteiger charge is -2.33. The smallest absolute Gasteiger partial charge is 0.316 e. The van der Waals surface area contributed by atoms with Gasteiger partial charge < -0.3 is 14.7 Å². The maximum atomic E-state index is 13.0. The Kier molecular flexibility index (Phi) is 6.02. The molecule has 1 amide bonds. The molecule has 1 aliphatic heterocycles. The van der Waals surface area contributed by atoms with Crippen molar-refractivity contribution in [2.45, 2.75) is 48.9 Å². The van der Waals surface area contributed by atoms with Gasteiger partial charge in [0.25, 0.3) is 5.91 Å². The highest BCUT2D eigenvalue weighted by molar-refractivity contribution is 8.00. The quantitative estimate of drug-likeness (QED) is 0.753. The highest BCUT2D eigenvalue weighted by atomic mass is 32.2. The summed E-state index contributed by atoms with van der Waals surface area (Å²) in [6.07, 6.45) is 4.60. The molecule has 0 radical (unpaired) electrons. The van der Waals surface area contributed by atoms with Crippen LogP contribution in [0, 0.1) is 5.92 Å². The summed E-state index contributed by atoms with van der Waals surface area (Å²) in [4.78, 5) is 26.7. The fraction of sp³-hybridized carbons (Fsp3) is 0.579. The van der Waals surface area contributed by atoms with E-state index in [0.717, 1.165) is 36.8 Å². The van der Waals surface area contributed by atoms with E-state index < -0.39 is 11.2 Å². The van der Waals surface area contributed by atoms with Gasteiger partial charge in [0.2, 0.25) is 0 Å². The minimum absolute atomic E-state index is 0.0274. The third kappa shape index (κ3) is 4.98. The first-order valence-electron chi connectivity index (χ1n) is 8.94. The van der Waals surface area contributed by atoms with Gasteiger partial charge in [0.05, 0.1) is 11.7 Å². The fourth-order valence-electron chi connectivity index (χ4n) is 2.97. The zero-order valence-electron chi connectivity index (χ0n) is 14.5. The van der Waals surface area contributed by atoms with Gasteiger partial charge in [-0.3, -0.25) is 9.59 Å². The number of aliphatic carboxylic acids is 1. The van der Waals surface area contributed by atoms with Crippen LogP contribution in [0.2, 0.25) is 0 Å². The van der Waals surface area contributed by atoms with Crippen molar-refractivity contribution < 1.29 is 19.4 Å². The molecule has 0 aromatic heterocycles. The molecule has 1 heterocycles. The van der Waals surface area contributed by atoms with Crippen LogP contribution in [-0.4, -0.2) is 52.9 Å². The minimum Gasteiger partial charge on any atom is -0.480 e. The van der Waals surface area contributed by atoms with Crippen molar-refractivity contribution in [1.82, 2.24) is 4.90 Å². The van der Waals surface area contributed by atoms with E-state index in [1.165, 1.54) is 24.6 Å². The number of carboxylic acids is 1. The first-order valence-corrected chi connectivity index (χ1v) is 9.82. The van der Waals surface area contributed by atoms with Crippen molar-refractivity contribution in [2.75, 3.05) is 19.7 Å². The maximum Gasteiger partial charge on any atom is 0.316 e. The van der Waals surface area contributed by atoms with Crippen molar-refractivity contribution >= 4 is 23.6 Å². The molecule has 1 N–H and O–H groups in total. The summed E-state index contributed by atoms with van der Waals surface area (Å²) < 4.78 is 5.97. The maximum absolute atomic E-state index is 13.0. The van der Waals surface area contributed by atoms with Crippen molar-refractivity contribution in [3.05, 3.63) is 29.8 Å². The van der Waals surface area contributed by atoms with Crippen LogP contribution in [0.3, 0.4) is 0 Å². The summed E-state index contributed by atoms with van der Waals surface area (Å²) >= 11 is 1.22. The number of hydrogen-bond acceptors (Lipinski definition) is 4. The molecule has 1 saturated carbocycles. The topological polar surface area (TPSA) is 66.8 Å². The zero-order chi connectivity index (χ0) is 17.8. The molecule has 3 rings (SSSR count). The largest absolute Gasteiger partial charge is 0.480 e. The molecule has 2 fully saturated rings. The average molecular weight is 363 g/mol. The number of nitrogens with zero attached hydrogens (tertiary/aromatic N) is 1. The molecule has 1 aromatic rings. The highest BCUT2D eigenvalue weighted by Crippen LogP contribution is 2.31. The summed E-state index contributed by atoms with van der Waals surface area (Å²) in [7, 11) is 0. The van der Waals surface area contributed by atoms with Crippen LogP contribution in [0.1, 0.15) is 43.0 Å². The van der Waals surface area contributed by atoms with Gasteiger partial charge >= 0.3 is 5.97 Å². The van der Waals surface area contributed by atoms with E-state index in [-0.39, 0.29) is 12.0 Å². The molecule has 1 saturated heterocycles. The lowest BCUT2D eigenvalue weighted by atomic mass is 10.1. The molecule has 0 spiro atoms. The second-order valence-electron chi connectivity index (χ2n) is 6.89. The summed E-state index contributed by atoms with van der Waals surface area (Å²) in [6, 6.07) is 7.27. The van der Waals surface area contributed by atoms with Crippen LogP contribution in [0.15, 0.2) is 29.2 Å². The Morgan fingerprint density at radius 1 is 1.32 bits per heavy atom. The van der Waals surface area contributed by atoms with Crippen LogP contribution >= 0.6 is 11.8 Å². The van der Waals surface area contributed by atoms with Crippen LogP contribution < -0.4 is 0 Å². The predicted octanol–water partition coefficient (Wildman–Crippen LogP) is 3.28. The summed E-state index contributed by atoms with van der Waals surface area (Å²) in [5, 5.41) is 8.54.